The van der Waals surface area contributed by atoms with Crippen LogP contribution in [-0.2, 0) is 14.3 Å². The predicted molar refractivity (Wildman–Crippen MR) is 60.9 cm³/mol. The van der Waals surface area contributed by atoms with Crippen LogP contribution in [0.3, 0.4) is 0 Å². The fourth-order valence-electron chi connectivity index (χ4n) is 1.76. The third-order valence-electron chi connectivity index (χ3n) is 2.66. The summed E-state index contributed by atoms with van der Waals surface area (Å²) in [4.78, 5) is 11.7. The molecular weight excluding hydrogens is 204 g/mol. The van der Waals surface area contributed by atoms with E-state index in [2.05, 4.69) is 0 Å². The third kappa shape index (κ3) is 3.07. The van der Waals surface area contributed by atoms with Crippen molar-refractivity contribution in [2.75, 3.05) is 13.2 Å². The highest BCUT2D eigenvalue weighted by molar-refractivity contribution is 5.91. The van der Waals surface area contributed by atoms with Crippen molar-refractivity contribution in [2.24, 2.45) is 0 Å². The Bertz CT molecular complexity index is 333. The summed E-state index contributed by atoms with van der Waals surface area (Å²) in [6.45, 7) is 1.16. The Hall–Kier alpha value is -1.35. The molecule has 0 aromatic heterocycles. The first kappa shape index (κ1) is 11.1. The zero-order valence-corrected chi connectivity index (χ0v) is 9.22. The Morgan fingerprint density at radius 1 is 1.50 bits per heavy atom. The van der Waals surface area contributed by atoms with Gasteiger partial charge in [0.2, 0.25) is 0 Å². The summed E-state index contributed by atoms with van der Waals surface area (Å²) in [5.41, 5.74) is 0.628. The molecule has 16 heavy (non-hydrogen) atoms. The van der Waals surface area contributed by atoms with Gasteiger partial charge in [-0.2, -0.15) is 0 Å². The van der Waals surface area contributed by atoms with Crippen molar-refractivity contribution in [1.29, 1.82) is 0 Å². The van der Waals surface area contributed by atoms with Crippen LogP contribution in [-0.4, -0.2) is 25.3 Å². The van der Waals surface area contributed by atoms with E-state index < -0.39 is 0 Å². The van der Waals surface area contributed by atoms with Crippen LogP contribution >= 0.6 is 0 Å². The molecule has 0 amide bonds. The van der Waals surface area contributed by atoms with Gasteiger partial charge >= 0.3 is 5.97 Å². The molecule has 0 radical (unpaired) electrons. The Labute approximate surface area is 95.4 Å². The second kappa shape index (κ2) is 5.66. The van der Waals surface area contributed by atoms with E-state index in [0.717, 1.165) is 25.9 Å². The number of ether oxygens (including phenoxy) is 2. The molecule has 0 spiro atoms. The normalized spacial score (nSPS) is 24.0. The van der Waals surface area contributed by atoms with Crippen molar-refractivity contribution < 1.29 is 14.3 Å². The average Bonchev–Trinajstić information content (AvgIpc) is 2.66. The Morgan fingerprint density at radius 3 is 3.25 bits per heavy atom. The van der Waals surface area contributed by atoms with Gasteiger partial charge in [0, 0.05) is 6.61 Å². The molecule has 1 aliphatic carbocycles. The van der Waals surface area contributed by atoms with Crippen LogP contribution in [0.2, 0.25) is 0 Å². The number of carbonyl (C=O) groups excluding carboxylic acids is 1. The molecule has 0 bridgehead atoms. The SMILES string of the molecule is O=C(OCC1CCCO1)C1=CCC=CC=C1. The number of esters is 1. The zero-order chi connectivity index (χ0) is 11.2. The second-order valence-electron chi connectivity index (χ2n) is 3.92. The standard InChI is InChI=1S/C13H16O3/c14-13(11-6-3-1-2-4-7-11)16-10-12-8-5-9-15-12/h1-3,6-7,12H,4-5,8-10H2. The first-order valence-corrected chi connectivity index (χ1v) is 5.68. The van der Waals surface area contributed by atoms with E-state index in [1.165, 1.54) is 0 Å². The molecule has 0 aromatic carbocycles. The van der Waals surface area contributed by atoms with Crippen LogP contribution < -0.4 is 0 Å². The first-order chi connectivity index (χ1) is 7.86. The van der Waals surface area contributed by atoms with Gasteiger partial charge < -0.3 is 9.47 Å². The maximum Gasteiger partial charge on any atom is 0.337 e. The van der Waals surface area contributed by atoms with Gasteiger partial charge in [-0.1, -0.05) is 24.3 Å². The van der Waals surface area contributed by atoms with Crippen LogP contribution in [0.5, 0.6) is 0 Å². The van der Waals surface area contributed by atoms with E-state index in [0.29, 0.717) is 12.2 Å². The van der Waals surface area contributed by atoms with Gasteiger partial charge in [0.25, 0.3) is 0 Å². The van der Waals surface area contributed by atoms with E-state index in [1.807, 2.05) is 24.3 Å². The number of hydrogen-bond acceptors (Lipinski definition) is 3. The molecule has 3 heteroatoms. The van der Waals surface area contributed by atoms with E-state index in [-0.39, 0.29) is 12.1 Å². The predicted octanol–water partition coefficient (Wildman–Crippen LogP) is 2.15. The summed E-state index contributed by atoms with van der Waals surface area (Å²) in [5.74, 6) is -0.254. The topological polar surface area (TPSA) is 35.5 Å². The van der Waals surface area contributed by atoms with Crippen molar-refractivity contribution >= 4 is 5.97 Å². The fraction of sp³-hybridized carbons (Fsp3) is 0.462. The Morgan fingerprint density at radius 2 is 2.44 bits per heavy atom. The minimum absolute atomic E-state index is 0.0948. The van der Waals surface area contributed by atoms with Crippen molar-refractivity contribution in [3.63, 3.8) is 0 Å². The number of hydrogen-bond donors (Lipinski definition) is 0. The van der Waals surface area contributed by atoms with Gasteiger partial charge in [0.1, 0.15) is 6.61 Å². The molecule has 1 fully saturated rings. The summed E-state index contributed by atoms with van der Waals surface area (Å²) in [6.07, 6.45) is 12.4. The molecule has 1 aliphatic heterocycles. The molecule has 0 saturated carbocycles. The lowest BCUT2D eigenvalue weighted by Gasteiger charge is -2.10. The smallest absolute Gasteiger partial charge is 0.337 e. The lowest BCUT2D eigenvalue weighted by atomic mass is 10.2. The van der Waals surface area contributed by atoms with E-state index >= 15 is 0 Å². The van der Waals surface area contributed by atoms with Crippen LogP contribution in [0.15, 0.2) is 36.0 Å². The lowest BCUT2D eigenvalue weighted by molar-refractivity contribution is -0.141. The summed E-state index contributed by atoms with van der Waals surface area (Å²) in [7, 11) is 0. The summed E-state index contributed by atoms with van der Waals surface area (Å²) < 4.78 is 10.6. The minimum atomic E-state index is -0.254. The molecular formula is C13H16O3. The minimum Gasteiger partial charge on any atom is -0.459 e. The highest BCUT2D eigenvalue weighted by atomic mass is 16.6. The van der Waals surface area contributed by atoms with Crippen molar-refractivity contribution in [3.05, 3.63) is 36.0 Å². The highest BCUT2D eigenvalue weighted by Crippen LogP contribution is 2.13. The van der Waals surface area contributed by atoms with Gasteiger partial charge in [0.05, 0.1) is 11.7 Å². The quantitative estimate of drug-likeness (QED) is 0.684. The van der Waals surface area contributed by atoms with Crippen LogP contribution in [0.4, 0.5) is 0 Å². The van der Waals surface area contributed by atoms with Crippen molar-refractivity contribution in [2.45, 2.75) is 25.4 Å². The number of carbonyl (C=O) groups is 1. The fourth-order valence-corrected chi connectivity index (χ4v) is 1.76. The molecule has 0 N–H and O–H groups in total. The van der Waals surface area contributed by atoms with Crippen molar-refractivity contribution in [3.8, 4) is 0 Å². The molecule has 3 nitrogen and oxygen atoms in total. The van der Waals surface area contributed by atoms with Gasteiger partial charge in [-0.3, -0.25) is 0 Å². The molecule has 1 saturated heterocycles. The molecule has 1 heterocycles. The molecule has 1 atom stereocenters. The molecule has 86 valence electrons. The van der Waals surface area contributed by atoms with Crippen molar-refractivity contribution in [1.82, 2.24) is 0 Å². The van der Waals surface area contributed by atoms with Gasteiger partial charge in [-0.15, -0.1) is 0 Å². The Balaban J connectivity index is 1.80. The van der Waals surface area contributed by atoms with Gasteiger partial charge in [-0.05, 0) is 25.3 Å². The monoisotopic (exact) mass is 220 g/mol. The summed E-state index contributed by atoms with van der Waals surface area (Å²) in [5, 5.41) is 0. The second-order valence-corrected chi connectivity index (χ2v) is 3.92. The maximum atomic E-state index is 11.7. The third-order valence-corrected chi connectivity index (χ3v) is 2.66. The average molecular weight is 220 g/mol. The largest absolute Gasteiger partial charge is 0.459 e. The maximum absolute atomic E-state index is 11.7. The number of rotatable bonds is 3. The highest BCUT2D eigenvalue weighted by Gasteiger charge is 2.18. The molecule has 1 unspecified atom stereocenters. The lowest BCUT2D eigenvalue weighted by Crippen LogP contribution is -2.18. The molecule has 0 aromatic rings. The summed E-state index contributed by atoms with van der Waals surface area (Å²) >= 11 is 0. The first-order valence-electron chi connectivity index (χ1n) is 5.68. The van der Waals surface area contributed by atoms with Gasteiger partial charge in [-0.25, -0.2) is 4.79 Å². The van der Waals surface area contributed by atoms with E-state index in [9.17, 15) is 4.79 Å². The van der Waals surface area contributed by atoms with Crippen LogP contribution in [0.25, 0.3) is 0 Å². The number of allylic oxidation sites excluding steroid dienone is 4. The zero-order valence-electron chi connectivity index (χ0n) is 9.22. The van der Waals surface area contributed by atoms with E-state index in [4.69, 9.17) is 9.47 Å². The molecule has 2 aliphatic rings. The van der Waals surface area contributed by atoms with Crippen LogP contribution in [0, 0.1) is 0 Å². The van der Waals surface area contributed by atoms with Crippen LogP contribution in [0.1, 0.15) is 19.3 Å². The Kier molecular flexibility index (Phi) is 3.94. The van der Waals surface area contributed by atoms with Gasteiger partial charge in [0.15, 0.2) is 0 Å². The summed E-state index contributed by atoms with van der Waals surface area (Å²) in [6, 6.07) is 0. The molecule has 2 rings (SSSR count). The van der Waals surface area contributed by atoms with E-state index in [1.54, 1.807) is 6.08 Å².